The van der Waals surface area contributed by atoms with Crippen LogP contribution in [0.4, 0.5) is 0 Å². The average molecular weight is 412 g/mol. The molecule has 2 aromatic rings. The molecule has 3 atom stereocenters. The van der Waals surface area contributed by atoms with E-state index in [1.165, 1.54) is 5.56 Å². The van der Waals surface area contributed by atoms with Crippen molar-refractivity contribution in [1.29, 1.82) is 0 Å². The van der Waals surface area contributed by atoms with Gasteiger partial charge in [-0.25, -0.2) is 0 Å². The third-order valence-electron chi connectivity index (χ3n) is 5.92. The van der Waals surface area contributed by atoms with Crippen LogP contribution in [0.3, 0.4) is 0 Å². The minimum atomic E-state index is -0.0622. The van der Waals surface area contributed by atoms with Gasteiger partial charge in [-0.3, -0.25) is 20.6 Å². The van der Waals surface area contributed by atoms with Crippen molar-refractivity contribution in [3.63, 3.8) is 0 Å². The molecular weight excluding hydrogens is 384 g/mol. The van der Waals surface area contributed by atoms with E-state index in [2.05, 4.69) is 15.8 Å². The van der Waals surface area contributed by atoms with Crippen molar-refractivity contribution in [2.45, 2.75) is 30.8 Å². The van der Waals surface area contributed by atoms with E-state index < -0.39 is 0 Å². The zero-order valence-electron chi connectivity index (χ0n) is 17.3. The molecule has 1 aromatic heterocycles. The number of para-hydroxylation sites is 1. The lowest BCUT2D eigenvalue weighted by Gasteiger charge is -2.32. The first-order valence-electron chi connectivity index (χ1n) is 10.2. The van der Waals surface area contributed by atoms with E-state index >= 15 is 0 Å². The van der Waals surface area contributed by atoms with Gasteiger partial charge in [0.2, 0.25) is 5.75 Å². The fourth-order valence-electron chi connectivity index (χ4n) is 4.47. The summed E-state index contributed by atoms with van der Waals surface area (Å²) in [6.45, 7) is 1.49. The summed E-state index contributed by atoms with van der Waals surface area (Å²) >= 11 is 0. The zero-order chi connectivity index (χ0) is 20.9. The van der Waals surface area contributed by atoms with Crippen molar-refractivity contribution in [1.82, 2.24) is 20.7 Å². The third kappa shape index (κ3) is 4.06. The van der Waals surface area contributed by atoms with Crippen molar-refractivity contribution >= 4 is 5.91 Å². The highest BCUT2D eigenvalue weighted by molar-refractivity contribution is 5.78. The van der Waals surface area contributed by atoms with Crippen LogP contribution in [0.5, 0.6) is 17.2 Å². The predicted octanol–water partition coefficient (Wildman–Crippen LogP) is 1.73. The van der Waals surface area contributed by atoms with Gasteiger partial charge in [0, 0.05) is 43.5 Å². The van der Waals surface area contributed by atoms with Crippen LogP contribution in [0.1, 0.15) is 24.3 Å². The first kappa shape index (κ1) is 20.4. The molecule has 2 aliphatic heterocycles. The molecule has 0 radical (unpaired) electrons. The monoisotopic (exact) mass is 412 g/mol. The lowest BCUT2D eigenvalue weighted by Crippen LogP contribution is -2.50. The van der Waals surface area contributed by atoms with Gasteiger partial charge >= 0.3 is 0 Å². The van der Waals surface area contributed by atoms with E-state index in [4.69, 9.17) is 14.2 Å². The Kier molecular flexibility index (Phi) is 6.35. The highest BCUT2D eigenvalue weighted by Gasteiger charge is 2.41. The molecule has 0 aliphatic carbocycles. The lowest BCUT2D eigenvalue weighted by atomic mass is 9.88. The molecule has 2 N–H and O–H groups in total. The van der Waals surface area contributed by atoms with Crippen molar-refractivity contribution in [2.75, 3.05) is 33.9 Å². The number of hydrazine groups is 1. The van der Waals surface area contributed by atoms with Crippen LogP contribution in [0.15, 0.2) is 42.7 Å². The Morgan fingerprint density at radius 1 is 1.17 bits per heavy atom. The van der Waals surface area contributed by atoms with Gasteiger partial charge in [-0.1, -0.05) is 6.07 Å². The zero-order valence-corrected chi connectivity index (χ0v) is 17.3. The van der Waals surface area contributed by atoms with E-state index in [9.17, 15) is 4.79 Å². The van der Waals surface area contributed by atoms with Crippen LogP contribution in [0.2, 0.25) is 0 Å². The summed E-state index contributed by atoms with van der Waals surface area (Å²) in [6, 6.07) is 9.73. The number of carbonyl (C=O) groups excluding carboxylic acids is 1. The Morgan fingerprint density at radius 3 is 2.60 bits per heavy atom. The van der Waals surface area contributed by atoms with Crippen LogP contribution in [-0.4, -0.2) is 61.8 Å². The number of nitrogens with zero attached hydrogens (tertiary/aromatic N) is 2. The Balaban J connectivity index is 1.46. The van der Waals surface area contributed by atoms with Crippen molar-refractivity contribution in [2.24, 2.45) is 0 Å². The molecule has 2 aliphatic rings. The Bertz CT molecular complexity index is 841. The number of hydrogen-bond donors (Lipinski definition) is 2. The molecule has 8 heteroatoms. The van der Waals surface area contributed by atoms with E-state index in [0.29, 0.717) is 17.2 Å². The number of likely N-dealkylation sites (tertiary alicyclic amines) is 1. The molecule has 30 heavy (non-hydrogen) atoms. The van der Waals surface area contributed by atoms with Crippen LogP contribution < -0.4 is 25.1 Å². The van der Waals surface area contributed by atoms with Gasteiger partial charge in [0.05, 0.1) is 14.2 Å². The summed E-state index contributed by atoms with van der Waals surface area (Å²) in [5, 5.41) is 0. The van der Waals surface area contributed by atoms with Gasteiger partial charge in [0.15, 0.2) is 18.1 Å². The number of ether oxygens (including phenoxy) is 3. The fourth-order valence-corrected chi connectivity index (χ4v) is 4.47. The fraction of sp³-hybridized carbons (Fsp3) is 0.455. The molecule has 8 nitrogen and oxygen atoms in total. The number of aromatic nitrogens is 1. The molecule has 4 rings (SSSR count). The molecule has 0 bridgehead atoms. The van der Waals surface area contributed by atoms with Gasteiger partial charge in [-0.2, -0.15) is 0 Å². The van der Waals surface area contributed by atoms with E-state index in [1.54, 1.807) is 26.4 Å². The number of amides is 1. The normalized spacial score (nSPS) is 23.4. The summed E-state index contributed by atoms with van der Waals surface area (Å²) in [6.07, 6.45) is 5.58. The Morgan fingerprint density at radius 2 is 1.90 bits per heavy atom. The minimum Gasteiger partial charge on any atom is -0.493 e. The Hall–Kier alpha value is -2.84. The summed E-state index contributed by atoms with van der Waals surface area (Å²) in [4.78, 5) is 19.2. The number of benzene rings is 1. The smallest absolute Gasteiger partial charge is 0.260 e. The number of methoxy groups -OCH3 is 2. The maximum atomic E-state index is 13.1. The standard InChI is InChI=1S/C22H28N4O4/c1-28-18-6-3-7-19(29-2)22(18)30-14-20(27)26-12-4-5-17(26)21-16(13-24-25-21)15-8-10-23-11-9-15/h3,6-11,16-17,21,24-25H,4-5,12-14H2,1-2H3. The maximum absolute atomic E-state index is 13.1. The number of hydrogen-bond acceptors (Lipinski definition) is 7. The number of rotatable bonds is 7. The van der Waals surface area contributed by atoms with Crippen molar-refractivity contribution < 1.29 is 19.0 Å². The molecule has 2 saturated heterocycles. The number of nitrogens with one attached hydrogen (secondary N) is 2. The van der Waals surface area contributed by atoms with Gasteiger partial charge in [-0.15, -0.1) is 0 Å². The molecule has 2 fully saturated rings. The van der Waals surface area contributed by atoms with E-state index in [-0.39, 0.29) is 30.5 Å². The third-order valence-corrected chi connectivity index (χ3v) is 5.92. The minimum absolute atomic E-state index is 0.0346. The van der Waals surface area contributed by atoms with Gasteiger partial charge in [-0.05, 0) is 42.7 Å². The molecule has 0 spiro atoms. The molecule has 160 valence electrons. The lowest BCUT2D eigenvalue weighted by molar-refractivity contribution is -0.134. The first-order valence-corrected chi connectivity index (χ1v) is 10.2. The van der Waals surface area contributed by atoms with Crippen LogP contribution in [-0.2, 0) is 4.79 Å². The molecular formula is C22H28N4O4. The number of carbonyl (C=O) groups is 1. The first-order chi connectivity index (χ1) is 14.7. The highest BCUT2D eigenvalue weighted by atomic mass is 16.5. The van der Waals surface area contributed by atoms with Gasteiger partial charge < -0.3 is 19.1 Å². The topological polar surface area (TPSA) is 85.0 Å². The molecule has 1 amide bonds. The maximum Gasteiger partial charge on any atom is 0.260 e. The largest absolute Gasteiger partial charge is 0.493 e. The molecule has 1 aromatic carbocycles. The molecule has 3 heterocycles. The van der Waals surface area contributed by atoms with E-state index in [0.717, 1.165) is 25.9 Å². The predicted molar refractivity (Wildman–Crippen MR) is 112 cm³/mol. The van der Waals surface area contributed by atoms with Gasteiger partial charge in [0.25, 0.3) is 5.91 Å². The summed E-state index contributed by atoms with van der Waals surface area (Å²) in [5.74, 6) is 1.77. The summed E-state index contributed by atoms with van der Waals surface area (Å²) in [7, 11) is 3.13. The van der Waals surface area contributed by atoms with E-state index in [1.807, 2.05) is 35.5 Å². The summed E-state index contributed by atoms with van der Waals surface area (Å²) < 4.78 is 16.6. The van der Waals surface area contributed by atoms with Crippen LogP contribution >= 0.6 is 0 Å². The quantitative estimate of drug-likeness (QED) is 0.716. The second-order valence-electron chi connectivity index (χ2n) is 7.52. The molecule has 3 unspecified atom stereocenters. The van der Waals surface area contributed by atoms with Gasteiger partial charge in [0.1, 0.15) is 0 Å². The number of pyridine rings is 1. The van der Waals surface area contributed by atoms with Crippen molar-refractivity contribution in [3.8, 4) is 17.2 Å². The molecule has 0 saturated carbocycles. The SMILES string of the molecule is COc1cccc(OC)c1OCC(=O)N1CCCC1C1NNCC1c1ccncc1. The van der Waals surface area contributed by atoms with Crippen molar-refractivity contribution in [3.05, 3.63) is 48.3 Å². The highest BCUT2D eigenvalue weighted by Crippen LogP contribution is 2.37. The second kappa shape index (κ2) is 9.32. The summed E-state index contributed by atoms with van der Waals surface area (Å²) in [5.41, 5.74) is 7.89. The second-order valence-corrected chi connectivity index (χ2v) is 7.52. The van der Waals surface area contributed by atoms with Crippen LogP contribution in [0.25, 0.3) is 0 Å². The average Bonchev–Trinajstić information content (AvgIpc) is 3.47. The van der Waals surface area contributed by atoms with Crippen LogP contribution in [0, 0.1) is 0 Å². The Labute approximate surface area is 176 Å².